The van der Waals surface area contributed by atoms with Crippen LogP contribution >= 0.6 is 0 Å². The molecule has 0 saturated heterocycles. The Bertz CT molecular complexity index is 1430. The van der Waals surface area contributed by atoms with Gasteiger partial charge < -0.3 is 16.2 Å². The van der Waals surface area contributed by atoms with Crippen molar-refractivity contribution >= 4 is 34.3 Å². The Morgan fingerprint density at radius 1 is 1.18 bits per heavy atom. The molecule has 1 aliphatic rings. The fourth-order valence-electron chi connectivity index (χ4n) is 4.03. The molecule has 10 nitrogen and oxygen atoms in total. The maximum atomic E-state index is 12.7. The fraction of sp³-hybridized carbons (Fsp3) is 0.217. The number of aromatic nitrogens is 5. The van der Waals surface area contributed by atoms with Gasteiger partial charge in [-0.15, -0.1) is 0 Å². The van der Waals surface area contributed by atoms with E-state index in [1.54, 1.807) is 30.1 Å². The van der Waals surface area contributed by atoms with Crippen LogP contribution in [0.25, 0.3) is 22.0 Å². The summed E-state index contributed by atoms with van der Waals surface area (Å²) in [7, 11) is 1.85. The molecule has 4 aromatic heterocycles. The molecule has 4 heterocycles. The molecule has 166 valence electrons. The standard InChI is InChI=1S/C23H21N7O3/c1-11-3-19(23(32)33)25-8-16(11)18-4-12-5-20(26-9-17(12)21(24)28-18)29-22(31)15-6-14(15)13-7-27-30(2)10-13/h3-5,7-10,14-15H,6H2,1-2H3,(H2,24,28)(H,32,33)(H,26,29,31)/t14-,15+/m0/s1. The van der Waals surface area contributed by atoms with E-state index in [-0.39, 0.29) is 29.3 Å². The molecule has 0 aromatic carbocycles. The van der Waals surface area contributed by atoms with Gasteiger partial charge >= 0.3 is 5.97 Å². The average molecular weight is 443 g/mol. The second-order valence-electron chi connectivity index (χ2n) is 8.26. The quantitative estimate of drug-likeness (QED) is 0.426. The molecule has 0 bridgehead atoms. The number of hydrogen-bond donors (Lipinski definition) is 3. The lowest BCUT2D eigenvalue weighted by atomic mass is 10.0. The van der Waals surface area contributed by atoms with Crippen LogP contribution in [0.5, 0.6) is 0 Å². The molecule has 0 unspecified atom stereocenters. The smallest absolute Gasteiger partial charge is 0.354 e. The third-order valence-corrected chi connectivity index (χ3v) is 5.88. The number of carboxylic acid groups (broad SMARTS) is 1. The molecule has 33 heavy (non-hydrogen) atoms. The summed E-state index contributed by atoms with van der Waals surface area (Å²) in [5, 5.41) is 17.6. The molecule has 10 heteroatoms. The van der Waals surface area contributed by atoms with Gasteiger partial charge in [-0.3, -0.25) is 9.48 Å². The summed E-state index contributed by atoms with van der Waals surface area (Å²) < 4.78 is 1.73. The number of carboxylic acids is 1. The lowest BCUT2D eigenvalue weighted by molar-refractivity contribution is -0.117. The van der Waals surface area contributed by atoms with Crippen molar-refractivity contribution in [1.29, 1.82) is 0 Å². The van der Waals surface area contributed by atoms with E-state index >= 15 is 0 Å². The molecular formula is C23H21N7O3. The second-order valence-corrected chi connectivity index (χ2v) is 8.26. The highest BCUT2D eigenvalue weighted by Gasteiger charge is 2.44. The number of aromatic carboxylic acids is 1. The van der Waals surface area contributed by atoms with E-state index in [2.05, 4.69) is 25.4 Å². The van der Waals surface area contributed by atoms with Gasteiger partial charge in [0.05, 0.1) is 11.9 Å². The first kappa shape index (κ1) is 20.6. The van der Waals surface area contributed by atoms with E-state index in [4.69, 9.17) is 10.8 Å². The monoisotopic (exact) mass is 443 g/mol. The molecule has 0 radical (unpaired) electrons. The van der Waals surface area contributed by atoms with Crippen LogP contribution in [0.2, 0.25) is 0 Å². The summed E-state index contributed by atoms with van der Waals surface area (Å²) in [5.74, 6) is -0.391. The lowest BCUT2D eigenvalue weighted by Crippen LogP contribution is -2.15. The van der Waals surface area contributed by atoms with Crippen LogP contribution in [0.1, 0.15) is 34.0 Å². The highest BCUT2D eigenvalue weighted by molar-refractivity contribution is 5.99. The maximum Gasteiger partial charge on any atom is 0.354 e. The van der Waals surface area contributed by atoms with Crippen molar-refractivity contribution in [3.05, 3.63) is 59.8 Å². The first-order valence-electron chi connectivity index (χ1n) is 10.4. The zero-order valence-electron chi connectivity index (χ0n) is 18.0. The molecule has 4 aromatic rings. The number of nitrogens with zero attached hydrogens (tertiary/aromatic N) is 5. The third-order valence-electron chi connectivity index (χ3n) is 5.88. The summed E-state index contributed by atoms with van der Waals surface area (Å²) in [5.41, 5.74) is 9.13. The number of hydrogen-bond acceptors (Lipinski definition) is 7. The Morgan fingerprint density at radius 2 is 2.00 bits per heavy atom. The number of aryl methyl sites for hydroxylation is 2. The summed E-state index contributed by atoms with van der Waals surface area (Å²) >= 11 is 0. The van der Waals surface area contributed by atoms with Crippen molar-refractivity contribution < 1.29 is 14.7 Å². The number of rotatable bonds is 5. The number of carbonyl (C=O) groups is 2. The minimum absolute atomic E-state index is 0.0381. The van der Waals surface area contributed by atoms with Crippen molar-refractivity contribution in [2.75, 3.05) is 11.1 Å². The molecular weight excluding hydrogens is 422 g/mol. The molecule has 2 atom stereocenters. The molecule has 1 fully saturated rings. The van der Waals surface area contributed by atoms with Gasteiger partial charge in [0.1, 0.15) is 17.3 Å². The summed E-state index contributed by atoms with van der Waals surface area (Å²) in [6.45, 7) is 1.79. The van der Waals surface area contributed by atoms with Gasteiger partial charge in [0.2, 0.25) is 5.91 Å². The predicted octanol–water partition coefficient (Wildman–Crippen LogP) is 2.76. The van der Waals surface area contributed by atoms with Gasteiger partial charge in [0.25, 0.3) is 0 Å². The Hall–Kier alpha value is -4.34. The van der Waals surface area contributed by atoms with E-state index in [9.17, 15) is 9.59 Å². The molecule has 5 rings (SSSR count). The van der Waals surface area contributed by atoms with Gasteiger partial charge in [-0.1, -0.05) is 0 Å². The van der Waals surface area contributed by atoms with Crippen LogP contribution in [0.15, 0.2) is 43.0 Å². The SMILES string of the molecule is Cc1cc(C(=O)O)ncc1-c1cc2cc(NC(=O)[C@@H]3C[C@H]3c3cnn(C)c3)ncc2c(N)n1. The Balaban J connectivity index is 1.41. The molecule has 1 aliphatic carbocycles. The third kappa shape index (κ3) is 3.86. The van der Waals surface area contributed by atoms with E-state index in [0.717, 1.165) is 17.4 Å². The van der Waals surface area contributed by atoms with Crippen molar-refractivity contribution in [1.82, 2.24) is 24.7 Å². The highest BCUT2D eigenvalue weighted by Crippen LogP contribution is 2.47. The summed E-state index contributed by atoms with van der Waals surface area (Å²) in [4.78, 5) is 36.6. The first-order valence-corrected chi connectivity index (χ1v) is 10.4. The van der Waals surface area contributed by atoms with Crippen LogP contribution in [-0.2, 0) is 11.8 Å². The summed E-state index contributed by atoms with van der Waals surface area (Å²) in [6.07, 6.45) is 7.57. The topological polar surface area (TPSA) is 149 Å². The van der Waals surface area contributed by atoms with E-state index in [1.165, 1.54) is 12.3 Å². The van der Waals surface area contributed by atoms with E-state index in [1.807, 2.05) is 19.3 Å². The van der Waals surface area contributed by atoms with Crippen molar-refractivity contribution in [2.45, 2.75) is 19.3 Å². The summed E-state index contributed by atoms with van der Waals surface area (Å²) in [6, 6.07) is 5.07. The minimum Gasteiger partial charge on any atom is -0.477 e. The van der Waals surface area contributed by atoms with Crippen LogP contribution in [-0.4, -0.2) is 41.7 Å². The second kappa shape index (κ2) is 7.66. The van der Waals surface area contributed by atoms with Crippen molar-refractivity contribution in [3.8, 4) is 11.3 Å². The molecule has 4 N–H and O–H groups in total. The van der Waals surface area contributed by atoms with Crippen LogP contribution in [0.4, 0.5) is 11.6 Å². The number of anilines is 2. The van der Waals surface area contributed by atoms with Crippen molar-refractivity contribution in [3.63, 3.8) is 0 Å². The number of carbonyl (C=O) groups excluding carboxylic acids is 1. The van der Waals surface area contributed by atoms with E-state index in [0.29, 0.717) is 28.0 Å². The van der Waals surface area contributed by atoms with Crippen LogP contribution < -0.4 is 11.1 Å². The van der Waals surface area contributed by atoms with Crippen LogP contribution in [0, 0.1) is 12.8 Å². The number of nitrogen functional groups attached to an aromatic ring is 1. The number of nitrogens with one attached hydrogen (secondary N) is 1. The molecule has 1 amide bonds. The Kier molecular flexibility index (Phi) is 4.77. The number of fused-ring (bicyclic) bond motifs is 1. The number of pyridine rings is 3. The zero-order chi connectivity index (χ0) is 23.3. The number of nitrogens with two attached hydrogens (primary N) is 1. The molecule has 0 aliphatic heterocycles. The normalized spacial score (nSPS) is 17.2. The minimum atomic E-state index is -1.09. The average Bonchev–Trinajstić information content (AvgIpc) is 3.46. The fourth-order valence-corrected chi connectivity index (χ4v) is 4.03. The van der Waals surface area contributed by atoms with Crippen molar-refractivity contribution in [2.24, 2.45) is 13.0 Å². The lowest BCUT2D eigenvalue weighted by Gasteiger charge is -2.10. The van der Waals surface area contributed by atoms with Gasteiger partial charge in [0, 0.05) is 42.5 Å². The maximum absolute atomic E-state index is 12.7. The predicted molar refractivity (Wildman–Crippen MR) is 122 cm³/mol. The van der Waals surface area contributed by atoms with Gasteiger partial charge in [0.15, 0.2) is 0 Å². The molecule has 1 saturated carbocycles. The van der Waals surface area contributed by atoms with Crippen LogP contribution in [0.3, 0.4) is 0 Å². The zero-order valence-corrected chi connectivity index (χ0v) is 18.0. The Labute approximate surface area is 188 Å². The first-order chi connectivity index (χ1) is 15.8. The van der Waals surface area contributed by atoms with E-state index < -0.39 is 5.97 Å². The van der Waals surface area contributed by atoms with Gasteiger partial charge in [-0.25, -0.2) is 19.7 Å². The highest BCUT2D eigenvalue weighted by atomic mass is 16.4. The van der Waals surface area contributed by atoms with Gasteiger partial charge in [-0.05, 0) is 54.0 Å². The Morgan fingerprint density at radius 3 is 2.70 bits per heavy atom. The number of amides is 1. The molecule has 0 spiro atoms. The van der Waals surface area contributed by atoms with Gasteiger partial charge in [-0.2, -0.15) is 5.10 Å². The largest absolute Gasteiger partial charge is 0.477 e.